The first-order valence-electron chi connectivity index (χ1n) is 7.14. The average Bonchev–Trinajstić information content (AvgIpc) is 3.08. The van der Waals surface area contributed by atoms with Gasteiger partial charge in [-0.25, -0.2) is 0 Å². The van der Waals surface area contributed by atoms with Gasteiger partial charge in [0.25, 0.3) is 5.91 Å². The summed E-state index contributed by atoms with van der Waals surface area (Å²) >= 11 is 0. The zero-order valence-electron chi connectivity index (χ0n) is 11.5. The molecule has 2 aliphatic rings. The highest BCUT2D eigenvalue weighted by atomic mass is 16.4. The molecule has 0 heterocycles. The first kappa shape index (κ1) is 13.6. The molecule has 2 N–H and O–H groups in total. The van der Waals surface area contributed by atoms with Gasteiger partial charge in [0, 0.05) is 11.6 Å². The van der Waals surface area contributed by atoms with E-state index in [-0.39, 0.29) is 23.8 Å². The van der Waals surface area contributed by atoms with Gasteiger partial charge in [0.2, 0.25) is 0 Å². The van der Waals surface area contributed by atoms with Crippen molar-refractivity contribution in [2.24, 2.45) is 17.8 Å². The molecule has 3 rings (SSSR count). The third kappa shape index (κ3) is 2.38. The van der Waals surface area contributed by atoms with Crippen LogP contribution in [0.4, 0.5) is 0 Å². The number of nitriles is 1. The predicted molar refractivity (Wildman–Crippen MR) is 74.4 cm³/mol. The van der Waals surface area contributed by atoms with Crippen molar-refractivity contribution < 1.29 is 14.7 Å². The Balaban J connectivity index is 1.78. The van der Waals surface area contributed by atoms with Crippen LogP contribution >= 0.6 is 0 Å². The lowest BCUT2D eigenvalue weighted by Gasteiger charge is -2.28. The van der Waals surface area contributed by atoms with Crippen molar-refractivity contribution in [3.8, 4) is 6.07 Å². The fourth-order valence-electron chi connectivity index (χ4n) is 3.82. The smallest absolute Gasteiger partial charge is 0.308 e. The molecule has 1 aromatic rings. The topological polar surface area (TPSA) is 90.2 Å². The van der Waals surface area contributed by atoms with E-state index in [9.17, 15) is 14.7 Å². The third-order valence-corrected chi connectivity index (χ3v) is 4.75. The molecule has 4 atom stereocenters. The van der Waals surface area contributed by atoms with Crippen molar-refractivity contribution in [1.82, 2.24) is 5.32 Å². The zero-order chi connectivity index (χ0) is 15.0. The molecule has 2 fully saturated rings. The van der Waals surface area contributed by atoms with Gasteiger partial charge in [-0.15, -0.1) is 0 Å². The van der Waals surface area contributed by atoms with Crippen LogP contribution in [0, 0.1) is 29.1 Å². The first-order valence-corrected chi connectivity index (χ1v) is 7.14. The molecule has 0 saturated heterocycles. The maximum absolute atomic E-state index is 12.3. The van der Waals surface area contributed by atoms with E-state index in [2.05, 4.69) is 5.32 Å². The van der Waals surface area contributed by atoms with Crippen LogP contribution < -0.4 is 5.32 Å². The van der Waals surface area contributed by atoms with Gasteiger partial charge in [-0.3, -0.25) is 9.59 Å². The second-order valence-corrected chi connectivity index (χ2v) is 5.89. The van der Waals surface area contributed by atoms with Crippen molar-refractivity contribution in [2.75, 3.05) is 0 Å². The molecular weight excluding hydrogens is 268 g/mol. The van der Waals surface area contributed by atoms with Gasteiger partial charge in [0.1, 0.15) is 0 Å². The molecule has 5 heteroatoms. The molecule has 2 aliphatic carbocycles. The second-order valence-electron chi connectivity index (χ2n) is 5.89. The molecule has 4 unspecified atom stereocenters. The quantitative estimate of drug-likeness (QED) is 0.885. The van der Waals surface area contributed by atoms with Crippen LogP contribution in [0.25, 0.3) is 0 Å². The summed E-state index contributed by atoms with van der Waals surface area (Å²) in [6.45, 7) is 0. The average molecular weight is 284 g/mol. The van der Waals surface area contributed by atoms with Crippen molar-refractivity contribution in [3.05, 3.63) is 35.4 Å². The number of rotatable bonds is 3. The number of nitrogens with zero attached hydrogens (tertiary/aromatic N) is 1. The normalized spacial score (nSPS) is 29.9. The molecule has 2 saturated carbocycles. The van der Waals surface area contributed by atoms with E-state index in [0.29, 0.717) is 11.1 Å². The fraction of sp³-hybridized carbons (Fsp3) is 0.438. The van der Waals surface area contributed by atoms with Crippen molar-refractivity contribution in [3.63, 3.8) is 0 Å². The van der Waals surface area contributed by atoms with Gasteiger partial charge >= 0.3 is 5.97 Å². The second kappa shape index (κ2) is 5.21. The molecule has 0 aliphatic heterocycles. The highest BCUT2D eigenvalue weighted by molar-refractivity contribution is 5.95. The van der Waals surface area contributed by atoms with E-state index in [0.717, 1.165) is 19.3 Å². The standard InChI is InChI=1S/C16H16N2O3/c17-8-9-2-1-3-12(6-9)15(19)18-14-11-5-4-10(7-11)13(14)16(20)21/h1-3,6,10-11,13-14H,4-5,7H2,(H,18,19)(H,20,21). The predicted octanol–water partition coefficient (Wildman–Crippen LogP) is 1.79. The SMILES string of the molecule is N#Cc1cccc(C(=O)NC2C3CCC(C3)C2C(=O)O)c1. The minimum Gasteiger partial charge on any atom is -0.481 e. The Morgan fingerprint density at radius 3 is 2.76 bits per heavy atom. The van der Waals surface area contributed by atoms with Gasteiger partial charge in [0.05, 0.1) is 17.6 Å². The molecule has 0 spiro atoms. The molecule has 5 nitrogen and oxygen atoms in total. The van der Waals surface area contributed by atoms with Crippen LogP contribution in [0.15, 0.2) is 24.3 Å². The summed E-state index contributed by atoms with van der Waals surface area (Å²) in [5.41, 5.74) is 0.825. The van der Waals surface area contributed by atoms with Crippen LogP contribution in [-0.4, -0.2) is 23.0 Å². The first-order chi connectivity index (χ1) is 10.1. The number of aliphatic carboxylic acids is 1. The third-order valence-electron chi connectivity index (χ3n) is 4.75. The highest BCUT2D eigenvalue weighted by Gasteiger charge is 2.51. The summed E-state index contributed by atoms with van der Waals surface area (Å²) in [6.07, 6.45) is 2.82. The molecule has 0 aromatic heterocycles. The van der Waals surface area contributed by atoms with Gasteiger partial charge in [0.15, 0.2) is 0 Å². The van der Waals surface area contributed by atoms with Gasteiger partial charge < -0.3 is 10.4 Å². The molecule has 0 radical (unpaired) electrons. The fourth-order valence-corrected chi connectivity index (χ4v) is 3.82. The zero-order valence-corrected chi connectivity index (χ0v) is 11.5. The molecule has 1 aromatic carbocycles. The number of nitrogens with one attached hydrogen (secondary N) is 1. The van der Waals surface area contributed by atoms with Gasteiger partial charge in [-0.1, -0.05) is 6.07 Å². The largest absolute Gasteiger partial charge is 0.481 e. The Kier molecular flexibility index (Phi) is 3.38. The summed E-state index contributed by atoms with van der Waals surface area (Å²) in [4.78, 5) is 23.7. The number of benzene rings is 1. The lowest BCUT2D eigenvalue weighted by molar-refractivity contribution is -0.144. The summed E-state index contributed by atoms with van der Waals surface area (Å²) in [5.74, 6) is -1.15. The van der Waals surface area contributed by atoms with E-state index in [4.69, 9.17) is 5.26 Å². The minimum absolute atomic E-state index is 0.184. The Morgan fingerprint density at radius 1 is 1.29 bits per heavy atom. The van der Waals surface area contributed by atoms with E-state index in [1.807, 2.05) is 6.07 Å². The Labute approximate surface area is 122 Å². The van der Waals surface area contributed by atoms with Crippen LogP contribution in [0.1, 0.15) is 35.2 Å². The Hall–Kier alpha value is -2.35. The van der Waals surface area contributed by atoms with Crippen LogP contribution in [0.2, 0.25) is 0 Å². The van der Waals surface area contributed by atoms with Crippen LogP contribution in [0.3, 0.4) is 0 Å². The number of hydrogen-bond acceptors (Lipinski definition) is 3. The molecule has 2 bridgehead atoms. The molecule has 108 valence electrons. The lowest BCUT2D eigenvalue weighted by Crippen LogP contribution is -2.46. The lowest BCUT2D eigenvalue weighted by atomic mass is 9.84. The van der Waals surface area contributed by atoms with Gasteiger partial charge in [-0.2, -0.15) is 5.26 Å². The maximum Gasteiger partial charge on any atom is 0.308 e. The number of carbonyl (C=O) groups excluding carboxylic acids is 1. The van der Waals surface area contributed by atoms with Crippen LogP contribution in [0.5, 0.6) is 0 Å². The number of amides is 1. The van der Waals surface area contributed by atoms with Crippen molar-refractivity contribution in [1.29, 1.82) is 5.26 Å². The summed E-state index contributed by atoms with van der Waals surface area (Å²) < 4.78 is 0. The molecule has 1 amide bonds. The van der Waals surface area contributed by atoms with Crippen LogP contribution in [-0.2, 0) is 4.79 Å². The monoisotopic (exact) mass is 284 g/mol. The minimum atomic E-state index is -0.821. The number of carboxylic acid groups (broad SMARTS) is 1. The number of fused-ring (bicyclic) bond motifs is 2. The summed E-state index contributed by atoms with van der Waals surface area (Å²) in [5, 5.41) is 21.1. The maximum atomic E-state index is 12.3. The van der Waals surface area contributed by atoms with Gasteiger partial charge in [-0.05, 0) is 49.3 Å². The van der Waals surface area contributed by atoms with E-state index >= 15 is 0 Å². The number of carboxylic acids is 1. The Bertz CT molecular complexity index is 635. The highest BCUT2D eigenvalue weighted by Crippen LogP contribution is 2.48. The molecular formula is C16H16N2O3. The number of hydrogen-bond donors (Lipinski definition) is 2. The van der Waals surface area contributed by atoms with E-state index < -0.39 is 11.9 Å². The van der Waals surface area contributed by atoms with Crippen molar-refractivity contribution >= 4 is 11.9 Å². The summed E-state index contributed by atoms with van der Waals surface area (Å²) in [7, 11) is 0. The summed E-state index contributed by atoms with van der Waals surface area (Å²) in [6, 6.07) is 8.16. The van der Waals surface area contributed by atoms with E-state index in [1.165, 1.54) is 6.07 Å². The van der Waals surface area contributed by atoms with Crippen molar-refractivity contribution in [2.45, 2.75) is 25.3 Å². The van der Waals surface area contributed by atoms with E-state index in [1.54, 1.807) is 18.2 Å². The number of carbonyl (C=O) groups is 2. The molecule has 21 heavy (non-hydrogen) atoms. The Morgan fingerprint density at radius 2 is 2.05 bits per heavy atom.